The lowest BCUT2D eigenvalue weighted by molar-refractivity contribution is 0.275. The number of hydrogen-bond acceptors (Lipinski definition) is 16. The van der Waals surface area contributed by atoms with E-state index >= 15 is 0 Å². The van der Waals surface area contributed by atoms with Crippen LogP contribution in [0.25, 0.3) is 0 Å². The van der Waals surface area contributed by atoms with E-state index in [0.717, 1.165) is 0 Å². The minimum Gasteiger partial charge on any atom is -0.344 e. The molecule has 0 aromatic rings. The lowest BCUT2D eigenvalue weighted by atomic mass is 14.0. The summed E-state index contributed by atoms with van der Waals surface area (Å²) in [5.41, 5.74) is 0. The van der Waals surface area contributed by atoms with Gasteiger partial charge in [0.05, 0.1) is 0 Å². The molecular weight excluding hydrogens is 509 g/mol. The molecule has 200 valence electrons. The van der Waals surface area contributed by atoms with Crippen molar-refractivity contribution < 1.29 is 71.8 Å². The molecule has 0 saturated carbocycles. The highest BCUT2D eigenvalue weighted by atomic mass is 32.3. The fraction of sp³-hybridized carbons (Fsp3) is 0. The van der Waals surface area contributed by atoms with Crippen molar-refractivity contribution in [1.29, 1.82) is 0 Å². The van der Waals surface area contributed by atoms with Crippen LogP contribution in [0.4, 0.5) is 0 Å². The first-order chi connectivity index (χ1) is 8.00. The van der Waals surface area contributed by atoms with Gasteiger partial charge in [0.25, 0.3) is 0 Å². The largest absolute Gasteiger partial charge is 0.466 e. The summed E-state index contributed by atoms with van der Waals surface area (Å²) in [6.45, 7) is 0. The summed E-state index contributed by atoms with van der Waals surface area (Å²) in [5, 5.41) is 0. The van der Waals surface area contributed by atoms with Gasteiger partial charge in [-0.15, -0.1) is 0 Å². The van der Waals surface area contributed by atoms with Crippen molar-refractivity contribution in [3.63, 3.8) is 0 Å². The minimum atomic E-state index is -4.67. The zero-order valence-corrected chi connectivity index (χ0v) is 18.3. The Morgan fingerprint density at radius 1 is 0.379 bits per heavy atom. The van der Waals surface area contributed by atoms with Crippen molar-refractivity contribution in [3.05, 3.63) is 0 Å². The van der Waals surface area contributed by atoms with E-state index in [1.54, 1.807) is 0 Å². The van der Waals surface area contributed by atoms with Crippen LogP contribution in [0, 0.1) is 0 Å². The molecule has 0 atom stereocenters. The predicted octanol–water partition coefficient (Wildman–Crippen LogP) is -1.43. The van der Waals surface area contributed by atoms with Gasteiger partial charge in [-0.3, -0.25) is 27.3 Å². The average Bonchev–Trinajstić information content (AvgIpc) is 1.62. The van der Waals surface area contributed by atoms with Crippen LogP contribution < -0.4 is 55.4 Å². The van der Waals surface area contributed by atoms with Crippen molar-refractivity contribution in [3.8, 4) is 0 Å². The third-order valence-corrected chi connectivity index (χ3v) is 0. The van der Waals surface area contributed by atoms with Crippen LogP contribution in [0.5, 0.6) is 0 Å². The van der Waals surface area contributed by atoms with E-state index in [4.69, 9.17) is 71.8 Å². The van der Waals surface area contributed by atoms with Crippen molar-refractivity contribution in [2.75, 3.05) is 0 Å². The molecular formula is H36N9O16PS3. The summed E-state index contributed by atoms with van der Waals surface area (Å²) in [5.74, 6) is 0. The second-order valence-corrected chi connectivity index (χ2v) is 5.57. The van der Waals surface area contributed by atoms with Gasteiger partial charge in [0.1, 0.15) is 0 Å². The maximum atomic E-state index is 8.88. The van der Waals surface area contributed by atoms with Gasteiger partial charge in [-0.1, -0.05) is 0 Å². The summed E-state index contributed by atoms with van der Waals surface area (Å²) in [6.07, 6.45) is 0. The highest BCUT2D eigenvalue weighted by Gasteiger charge is 2.00. The molecule has 25 nitrogen and oxygen atoms in total. The molecule has 29 heteroatoms. The molecule has 0 aromatic carbocycles. The maximum absolute atomic E-state index is 8.88. The first kappa shape index (κ1) is 90.0. The second-order valence-electron chi connectivity index (χ2n) is 1.86. The molecule has 0 spiro atoms. The minimum absolute atomic E-state index is 0. The van der Waals surface area contributed by atoms with Gasteiger partial charge in [-0.2, -0.15) is 25.3 Å². The monoisotopic (exact) mass is 545 g/mol. The Morgan fingerprint density at radius 3 is 0.379 bits per heavy atom. The molecule has 0 unspecified atom stereocenters. The Hall–Kier alpha value is -0.640. The van der Waals surface area contributed by atoms with Gasteiger partial charge in [0.2, 0.25) is 0 Å². The number of hydrogen-bond donors (Lipinski definition) is 18. The van der Waals surface area contributed by atoms with E-state index in [2.05, 4.69) is 0 Å². The van der Waals surface area contributed by atoms with E-state index in [0.29, 0.717) is 0 Å². The first-order valence-electron chi connectivity index (χ1n) is 2.88. The van der Waals surface area contributed by atoms with E-state index in [1.807, 2.05) is 0 Å². The Kier molecular flexibility index (Phi) is 108. The van der Waals surface area contributed by atoms with Crippen molar-refractivity contribution >= 4 is 39.0 Å². The van der Waals surface area contributed by atoms with Crippen molar-refractivity contribution in [2.24, 2.45) is 0 Å². The lowest BCUT2D eigenvalue weighted by Gasteiger charge is -1.82. The van der Waals surface area contributed by atoms with Crippen LogP contribution in [-0.4, -0.2) is 67.3 Å². The van der Waals surface area contributed by atoms with Gasteiger partial charge in [-0.25, -0.2) is 4.57 Å². The van der Waals surface area contributed by atoms with Gasteiger partial charge < -0.3 is 70.0 Å². The molecule has 0 bridgehead atoms. The second kappa shape index (κ2) is 34.8. The Morgan fingerprint density at radius 2 is 0.379 bits per heavy atom. The molecule has 36 N–H and O–H groups in total. The van der Waals surface area contributed by atoms with E-state index in [-0.39, 0.29) is 55.4 Å². The quantitative estimate of drug-likeness (QED) is 0.122. The smallest absolute Gasteiger partial charge is 0.344 e. The van der Waals surface area contributed by atoms with Crippen molar-refractivity contribution in [1.82, 2.24) is 55.4 Å². The zero-order valence-electron chi connectivity index (χ0n) is 14.9. The summed E-state index contributed by atoms with van der Waals surface area (Å²) >= 11 is 0. The third kappa shape index (κ3) is 43000. The number of rotatable bonds is 0. The van der Waals surface area contributed by atoms with E-state index < -0.39 is 39.0 Å². The van der Waals surface area contributed by atoms with Crippen LogP contribution in [0.1, 0.15) is 0 Å². The molecule has 0 amide bonds. The predicted molar refractivity (Wildman–Crippen MR) is 102 cm³/mol. The first-order valence-corrected chi connectivity index (χ1v) is 8.63. The fourth-order valence-corrected chi connectivity index (χ4v) is 0. The molecule has 0 radical (unpaired) electrons. The lowest BCUT2D eigenvalue weighted by Crippen LogP contribution is -1.89. The Balaban J connectivity index is -0.00000000970. The summed E-state index contributed by atoms with van der Waals surface area (Å²) in [7, 11) is -18.6. The van der Waals surface area contributed by atoms with Gasteiger partial charge >= 0.3 is 39.0 Å². The number of phosphoric acid groups is 1. The third-order valence-electron chi connectivity index (χ3n) is 0. The average molecular weight is 546 g/mol. The Bertz CT molecular complexity index is 486. The molecule has 0 aliphatic carbocycles. The topological polar surface area (TPSA) is 617 Å². The van der Waals surface area contributed by atoms with Crippen LogP contribution in [0.3, 0.4) is 0 Å². The molecule has 0 aliphatic heterocycles. The van der Waals surface area contributed by atoms with Crippen molar-refractivity contribution in [2.45, 2.75) is 0 Å². The van der Waals surface area contributed by atoms with E-state index in [1.165, 1.54) is 0 Å². The molecule has 29 heavy (non-hydrogen) atoms. The maximum Gasteiger partial charge on any atom is 0.466 e. The van der Waals surface area contributed by atoms with Crippen LogP contribution in [0.2, 0.25) is 0 Å². The molecule has 0 fully saturated rings. The highest BCUT2D eigenvalue weighted by molar-refractivity contribution is 7.80. The highest BCUT2D eigenvalue weighted by Crippen LogP contribution is 2.25. The zero-order chi connectivity index (χ0) is 18.0. The van der Waals surface area contributed by atoms with Gasteiger partial charge in [0.15, 0.2) is 0 Å². The van der Waals surface area contributed by atoms with Gasteiger partial charge in [-0.05, 0) is 0 Å². The van der Waals surface area contributed by atoms with Crippen LogP contribution in [0.15, 0.2) is 0 Å². The molecule has 0 rings (SSSR count). The van der Waals surface area contributed by atoms with Gasteiger partial charge in [0, 0.05) is 0 Å². The molecule has 0 aromatic heterocycles. The summed E-state index contributed by atoms with van der Waals surface area (Å²) in [6, 6.07) is 0. The Labute approximate surface area is 166 Å². The summed E-state index contributed by atoms with van der Waals surface area (Å²) < 4.78 is 104. The van der Waals surface area contributed by atoms with Crippen LogP contribution >= 0.6 is 7.82 Å². The van der Waals surface area contributed by atoms with Crippen LogP contribution in [-0.2, 0) is 35.8 Å². The fourth-order valence-electron chi connectivity index (χ4n) is 0. The molecule has 0 saturated heterocycles. The molecule has 0 aliphatic rings. The normalized spacial score (nSPS) is 8.03. The standard InChI is InChI=1S/9H3N.H3O4P.3H2O4S/c;;;;;;;;;4*1-5(2,3)4/h9*1H3;(H3,1,2,3,4);3*(H2,1,2,3,4). The SMILES string of the molecule is N.N.N.N.N.N.N.N.N.O=P(O)(O)O.O=S(=O)(O)O.O=S(=O)(O)O.O=S(=O)(O)O. The van der Waals surface area contributed by atoms with E-state index in [9.17, 15) is 0 Å². The molecule has 0 heterocycles. The summed E-state index contributed by atoms with van der Waals surface area (Å²) in [4.78, 5) is 21.6.